The molecule has 2 fully saturated rings. The fourth-order valence-corrected chi connectivity index (χ4v) is 2.89. The third kappa shape index (κ3) is 2.86. The summed E-state index contributed by atoms with van der Waals surface area (Å²) in [4.78, 5) is 14.6. The van der Waals surface area contributed by atoms with E-state index >= 15 is 0 Å². The molecular formula is C14H27N3O. The Labute approximate surface area is 110 Å². The fraction of sp³-hybridized carbons (Fsp3) is 0.929. The largest absolute Gasteiger partial charge is 0.350 e. The first kappa shape index (κ1) is 13.8. The Hall–Kier alpha value is -0.610. The predicted molar refractivity (Wildman–Crippen MR) is 73.4 cm³/mol. The van der Waals surface area contributed by atoms with Crippen LogP contribution in [0.3, 0.4) is 0 Å². The second kappa shape index (κ2) is 5.17. The standard InChI is InChI=1S/C14H27N3O/c1-5-14(3,4)16-13(18)10(2)17-8-11-6-7-15-12(11)9-17/h10-12,15H,5-9H2,1-4H3,(H,16,18)/t10?,11-,12+/m0/s1. The molecule has 2 aliphatic heterocycles. The fourth-order valence-electron chi connectivity index (χ4n) is 2.89. The van der Waals surface area contributed by atoms with Gasteiger partial charge in [-0.05, 0) is 46.1 Å². The summed E-state index contributed by atoms with van der Waals surface area (Å²) in [6.45, 7) is 11.5. The number of nitrogens with one attached hydrogen (secondary N) is 2. The Bertz CT molecular complexity index is 304. The van der Waals surface area contributed by atoms with Crippen molar-refractivity contribution in [3.63, 3.8) is 0 Å². The molecule has 1 unspecified atom stereocenters. The maximum absolute atomic E-state index is 12.3. The Kier molecular flexibility index (Phi) is 3.97. The lowest BCUT2D eigenvalue weighted by Gasteiger charge is -2.30. The molecule has 0 aromatic heterocycles. The number of nitrogens with zero attached hydrogens (tertiary/aromatic N) is 1. The highest BCUT2D eigenvalue weighted by Crippen LogP contribution is 2.26. The number of amides is 1. The van der Waals surface area contributed by atoms with Crippen LogP contribution in [0.15, 0.2) is 0 Å². The van der Waals surface area contributed by atoms with E-state index in [-0.39, 0.29) is 17.5 Å². The molecule has 18 heavy (non-hydrogen) atoms. The van der Waals surface area contributed by atoms with Crippen molar-refractivity contribution in [1.82, 2.24) is 15.5 Å². The molecule has 2 aliphatic rings. The highest BCUT2D eigenvalue weighted by Gasteiger charge is 2.39. The van der Waals surface area contributed by atoms with Gasteiger partial charge in [-0.2, -0.15) is 0 Å². The molecule has 2 rings (SSSR count). The van der Waals surface area contributed by atoms with E-state index in [0.717, 1.165) is 32.0 Å². The van der Waals surface area contributed by atoms with Crippen LogP contribution in [0.4, 0.5) is 0 Å². The summed E-state index contributed by atoms with van der Waals surface area (Å²) in [5, 5.41) is 6.68. The van der Waals surface area contributed by atoms with Gasteiger partial charge in [-0.25, -0.2) is 0 Å². The zero-order valence-corrected chi connectivity index (χ0v) is 12.1. The van der Waals surface area contributed by atoms with E-state index in [9.17, 15) is 4.79 Å². The van der Waals surface area contributed by atoms with Gasteiger partial charge in [0.05, 0.1) is 6.04 Å². The number of rotatable bonds is 4. The van der Waals surface area contributed by atoms with E-state index in [1.54, 1.807) is 0 Å². The maximum atomic E-state index is 12.3. The van der Waals surface area contributed by atoms with Crippen LogP contribution >= 0.6 is 0 Å². The Morgan fingerprint density at radius 1 is 1.50 bits per heavy atom. The van der Waals surface area contributed by atoms with Crippen molar-refractivity contribution >= 4 is 5.91 Å². The van der Waals surface area contributed by atoms with Crippen molar-refractivity contribution in [3.8, 4) is 0 Å². The summed E-state index contributed by atoms with van der Waals surface area (Å²) in [6, 6.07) is 0.600. The summed E-state index contributed by atoms with van der Waals surface area (Å²) in [6.07, 6.45) is 2.22. The first-order valence-electron chi connectivity index (χ1n) is 7.22. The molecule has 0 saturated carbocycles. The van der Waals surface area contributed by atoms with Crippen LogP contribution in [0.2, 0.25) is 0 Å². The molecule has 0 radical (unpaired) electrons. The molecule has 0 aromatic carbocycles. The van der Waals surface area contributed by atoms with Crippen molar-refractivity contribution < 1.29 is 4.79 Å². The van der Waals surface area contributed by atoms with Crippen LogP contribution < -0.4 is 10.6 Å². The lowest BCUT2D eigenvalue weighted by atomic mass is 10.0. The second-order valence-corrected chi connectivity index (χ2v) is 6.47. The van der Waals surface area contributed by atoms with Gasteiger partial charge in [-0.15, -0.1) is 0 Å². The van der Waals surface area contributed by atoms with Gasteiger partial charge in [-0.1, -0.05) is 6.92 Å². The summed E-state index contributed by atoms with van der Waals surface area (Å²) in [5.74, 6) is 0.918. The number of carbonyl (C=O) groups is 1. The van der Waals surface area contributed by atoms with E-state index in [1.165, 1.54) is 6.42 Å². The minimum Gasteiger partial charge on any atom is -0.350 e. The maximum Gasteiger partial charge on any atom is 0.237 e. The Morgan fingerprint density at radius 2 is 2.22 bits per heavy atom. The molecule has 4 heteroatoms. The normalized spacial score (nSPS) is 30.2. The monoisotopic (exact) mass is 253 g/mol. The van der Waals surface area contributed by atoms with Crippen molar-refractivity contribution in [2.24, 2.45) is 5.92 Å². The van der Waals surface area contributed by atoms with Gasteiger partial charge in [-0.3, -0.25) is 9.69 Å². The van der Waals surface area contributed by atoms with Crippen molar-refractivity contribution in [3.05, 3.63) is 0 Å². The summed E-state index contributed by atoms with van der Waals surface area (Å²) >= 11 is 0. The lowest BCUT2D eigenvalue weighted by Crippen LogP contribution is -2.52. The lowest BCUT2D eigenvalue weighted by molar-refractivity contribution is -0.127. The van der Waals surface area contributed by atoms with Gasteiger partial charge in [0.1, 0.15) is 0 Å². The average molecular weight is 253 g/mol. The quantitative estimate of drug-likeness (QED) is 0.785. The van der Waals surface area contributed by atoms with Gasteiger partial charge in [0, 0.05) is 24.7 Å². The second-order valence-electron chi connectivity index (χ2n) is 6.47. The SMILES string of the molecule is CCC(C)(C)NC(=O)C(C)N1C[C@@H]2CCN[C@@H]2C1. The zero-order chi connectivity index (χ0) is 13.3. The molecule has 2 N–H and O–H groups in total. The Morgan fingerprint density at radius 3 is 2.83 bits per heavy atom. The zero-order valence-electron chi connectivity index (χ0n) is 12.1. The average Bonchev–Trinajstić information content (AvgIpc) is 2.87. The third-order valence-corrected chi connectivity index (χ3v) is 4.66. The van der Waals surface area contributed by atoms with Crippen molar-refractivity contribution in [2.45, 2.75) is 58.2 Å². The molecule has 3 atom stereocenters. The van der Waals surface area contributed by atoms with E-state index in [0.29, 0.717) is 6.04 Å². The molecule has 0 aromatic rings. The summed E-state index contributed by atoms with van der Waals surface area (Å²) < 4.78 is 0. The smallest absolute Gasteiger partial charge is 0.237 e. The molecular weight excluding hydrogens is 226 g/mol. The molecule has 0 bridgehead atoms. The third-order valence-electron chi connectivity index (χ3n) is 4.66. The number of hydrogen-bond donors (Lipinski definition) is 2. The first-order chi connectivity index (χ1) is 8.43. The van der Waals surface area contributed by atoms with Crippen LogP contribution in [-0.4, -0.2) is 48.1 Å². The number of carbonyl (C=O) groups excluding carboxylic acids is 1. The highest BCUT2D eigenvalue weighted by atomic mass is 16.2. The minimum atomic E-state index is -0.0980. The topological polar surface area (TPSA) is 44.4 Å². The van der Waals surface area contributed by atoms with Gasteiger partial charge >= 0.3 is 0 Å². The predicted octanol–water partition coefficient (Wildman–Crippen LogP) is 0.973. The summed E-state index contributed by atoms with van der Waals surface area (Å²) in [5.41, 5.74) is -0.0980. The highest BCUT2D eigenvalue weighted by molar-refractivity contribution is 5.82. The number of fused-ring (bicyclic) bond motifs is 1. The first-order valence-corrected chi connectivity index (χ1v) is 7.22. The van der Waals surface area contributed by atoms with Crippen LogP contribution in [0.1, 0.15) is 40.5 Å². The number of likely N-dealkylation sites (tertiary alicyclic amines) is 1. The van der Waals surface area contributed by atoms with Crippen molar-refractivity contribution in [2.75, 3.05) is 19.6 Å². The van der Waals surface area contributed by atoms with Crippen LogP contribution in [-0.2, 0) is 4.79 Å². The van der Waals surface area contributed by atoms with Gasteiger partial charge in [0.15, 0.2) is 0 Å². The van der Waals surface area contributed by atoms with E-state index in [2.05, 4.69) is 36.3 Å². The number of hydrogen-bond acceptors (Lipinski definition) is 3. The van der Waals surface area contributed by atoms with E-state index < -0.39 is 0 Å². The Balaban J connectivity index is 1.88. The summed E-state index contributed by atoms with van der Waals surface area (Å²) in [7, 11) is 0. The molecule has 1 amide bonds. The van der Waals surface area contributed by atoms with E-state index in [1.807, 2.05) is 6.92 Å². The van der Waals surface area contributed by atoms with Gasteiger partial charge < -0.3 is 10.6 Å². The van der Waals surface area contributed by atoms with Gasteiger partial charge in [0.25, 0.3) is 0 Å². The molecule has 4 nitrogen and oxygen atoms in total. The molecule has 0 spiro atoms. The van der Waals surface area contributed by atoms with Crippen LogP contribution in [0, 0.1) is 5.92 Å². The molecule has 2 heterocycles. The van der Waals surface area contributed by atoms with Crippen LogP contribution in [0.5, 0.6) is 0 Å². The van der Waals surface area contributed by atoms with Crippen molar-refractivity contribution in [1.29, 1.82) is 0 Å². The van der Waals surface area contributed by atoms with Crippen LogP contribution in [0.25, 0.3) is 0 Å². The molecule has 2 saturated heterocycles. The molecule has 0 aliphatic carbocycles. The molecule has 104 valence electrons. The van der Waals surface area contributed by atoms with Gasteiger partial charge in [0.2, 0.25) is 5.91 Å². The van der Waals surface area contributed by atoms with E-state index in [4.69, 9.17) is 0 Å². The minimum absolute atomic E-state index is 0.0109.